The van der Waals surface area contributed by atoms with Crippen molar-refractivity contribution in [2.45, 2.75) is 29.1 Å². The quantitative estimate of drug-likeness (QED) is 0.777. The Hall–Kier alpha value is -1.74. The van der Waals surface area contributed by atoms with Crippen LogP contribution in [0.15, 0.2) is 64.4 Å². The van der Waals surface area contributed by atoms with Crippen LogP contribution in [0.1, 0.15) is 24.8 Å². The fourth-order valence-electron chi connectivity index (χ4n) is 2.25. The molecule has 0 aliphatic heterocycles. The Balaban J connectivity index is 1.99. The maximum atomic E-state index is 12.2. The highest BCUT2D eigenvalue weighted by Crippen LogP contribution is 2.18. The van der Waals surface area contributed by atoms with Crippen molar-refractivity contribution < 1.29 is 16.8 Å². The second kappa shape index (κ2) is 7.43. The van der Waals surface area contributed by atoms with Crippen LogP contribution in [0.5, 0.6) is 0 Å². The third-order valence-electron chi connectivity index (χ3n) is 3.70. The zero-order valence-electron chi connectivity index (χ0n) is 13.2. The van der Waals surface area contributed by atoms with Gasteiger partial charge in [0.2, 0.25) is 20.0 Å². The number of nitrogens with two attached hydrogens (primary N) is 1. The first-order valence-corrected chi connectivity index (χ1v) is 10.4. The molecule has 0 saturated carbocycles. The Morgan fingerprint density at radius 1 is 0.917 bits per heavy atom. The van der Waals surface area contributed by atoms with Gasteiger partial charge in [-0.3, -0.25) is 0 Å². The number of benzene rings is 2. The van der Waals surface area contributed by atoms with E-state index in [1.54, 1.807) is 0 Å². The molecule has 0 amide bonds. The van der Waals surface area contributed by atoms with Crippen molar-refractivity contribution in [3.05, 3.63) is 60.2 Å². The second-order valence-corrected chi connectivity index (χ2v) is 8.84. The third kappa shape index (κ3) is 4.88. The summed E-state index contributed by atoms with van der Waals surface area (Å²) in [6.45, 7) is 2.32. The number of rotatable bonds is 7. The van der Waals surface area contributed by atoms with Crippen LogP contribution in [0.3, 0.4) is 0 Å². The topological polar surface area (TPSA) is 106 Å². The summed E-state index contributed by atoms with van der Waals surface area (Å²) in [5, 5.41) is 4.99. The van der Waals surface area contributed by atoms with Gasteiger partial charge in [-0.2, -0.15) is 0 Å². The van der Waals surface area contributed by atoms with E-state index in [0.29, 0.717) is 6.42 Å². The Labute approximate surface area is 142 Å². The normalized spacial score (nSPS) is 13.6. The fourth-order valence-corrected chi connectivity index (χ4v) is 3.81. The van der Waals surface area contributed by atoms with Crippen LogP contribution in [0.2, 0.25) is 0 Å². The summed E-state index contributed by atoms with van der Waals surface area (Å²) in [6.07, 6.45) is 0.651. The van der Waals surface area contributed by atoms with Gasteiger partial charge < -0.3 is 0 Å². The van der Waals surface area contributed by atoms with Crippen molar-refractivity contribution in [3.8, 4) is 0 Å². The summed E-state index contributed by atoms with van der Waals surface area (Å²) < 4.78 is 49.3. The Morgan fingerprint density at radius 2 is 1.46 bits per heavy atom. The van der Waals surface area contributed by atoms with Crippen LogP contribution in [-0.4, -0.2) is 23.4 Å². The zero-order chi connectivity index (χ0) is 17.8. The lowest BCUT2D eigenvalue weighted by molar-refractivity contribution is 0.572. The lowest BCUT2D eigenvalue weighted by Gasteiger charge is -2.13. The zero-order valence-corrected chi connectivity index (χ0v) is 14.8. The number of primary sulfonamides is 1. The van der Waals surface area contributed by atoms with Gasteiger partial charge in [0.05, 0.1) is 9.79 Å². The summed E-state index contributed by atoms with van der Waals surface area (Å²) >= 11 is 0. The van der Waals surface area contributed by atoms with Gasteiger partial charge in [0.15, 0.2) is 0 Å². The van der Waals surface area contributed by atoms with Crippen LogP contribution < -0.4 is 9.86 Å². The molecular weight excluding hydrogens is 348 g/mol. The largest absolute Gasteiger partial charge is 0.240 e. The molecule has 6 nitrogen and oxygen atoms in total. The smallest absolute Gasteiger partial charge is 0.225 e. The van der Waals surface area contributed by atoms with E-state index < -0.39 is 20.0 Å². The standard InChI is InChI=1S/C16H20N2O4S2/c1-13(14-5-3-2-4-6-14)11-12-18-24(21,22)16-9-7-15(8-10-16)23(17,19)20/h2-10,13,18H,11-12H2,1H3,(H2,17,19,20). The molecule has 0 radical (unpaired) electrons. The maximum absolute atomic E-state index is 12.2. The van der Waals surface area contributed by atoms with Crippen molar-refractivity contribution in [2.24, 2.45) is 5.14 Å². The number of hydrogen-bond donors (Lipinski definition) is 2. The minimum absolute atomic E-state index is 0.00210. The summed E-state index contributed by atoms with van der Waals surface area (Å²) in [6, 6.07) is 14.6. The summed E-state index contributed by atoms with van der Waals surface area (Å²) in [4.78, 5) is -0.124. The first kappa shape index (κ1) is 18.6. The Morgan fingerprint density at radius 3 is 2.00 bits per heavy atom. The first-order valence-electron chi connectivity index (χ1n) is 7.37. The van der Waals surface area contributed by atoms with E-state index in [2.05, 4.69) is 4.72 Å². The second-order valence-electron chi connectivity index (χ2n) is 5.51. The molecule has 2 rings (SSSR count). The summed E-state index contributed by atoms with van der Waals surface area (Å²) in [7, 11) is -7.53. The van der Waals surface area contributed by atoms with Crippen LogP contribution in [0.4, 0.5) is 0 Å². The minimum atomic E-state index is -3.84. The van der Waals surface area contributed by atoms with E-state index in [-0.39, 0.29) is 22.3 Å². The molecule has 0 aromatic heterocycles. The molecule has 0 saturated heterocycles. The number of sulfonamides is 2. The van der Waals surface area contributed by atoms with E-state index in [1.807, 2.05) is 37.3 Å². The predicted octanol–water partition coefficient (Wildman–Crippen LogP) is 1.81. The molecule has 0 aliphatic carbocycles. The van der Waals surface area contributed by atoms with Gasteiger partial charge in [0.25, 0.3) is 0 Å². The van der Waals surface area contributed by atoms with Crippen molar-refractivity contribution in [3.63, 3.8) is 0 Å². The molecule has 2 aromatic carbocycles. The maximum Gasteiger partial charge on any atom is 0.240 e. The van der Waals surface area contributed by atoms with Crippen LogP contribution in [-0.2, 0) is 20.0 Å². The van der Waals surface area contributed by atoms with Gasteiger partial charge in [-0.1, -0.05) is 37.3 Å². The molecule has 2 aromatic rings. The number of hydrogen-bond acceptors (Lipinski definition) is 4. The van der Waals surface area contributed by atoms with Crippen molar-refractivity contribution in [1.29, 1.82) is 0 Å². The summed E-state index contributed by atoms with van der Waals surface area (Å²) in [5.41, 5.74) is 1.15. The Bertz CT molecular complexity index is 877. The van der Waals surface area contributed by atoms with Crippen LogP contribution in [0.25, 0.3) is 0 Å². The molecule has 1 unspecified atom stereocenters. The molecule has 0 spiro atoms. The van der Waals surface area contributed by atoms with E-state index in [0.717, 1.165) is 5.56 Å². The van der Waals surface area contributed by atoms with Crippen LogP contribution in [0, 0.1) is 0 Å². The van der Waals surface area contributed by atoms with E-state index in [9.17, 15) is 16.8 Å². The predicted molar refractivity (Wildman–Crippen MR) is 92.5 cm³/mol. The average Bonchev–Trinajstić information content (AvgIpc) is 2.55. The van der Waals surface area contributed by atoms with Gasteiger partial charge in [-0.05, 0) is 42.2 Å². The molecule has 0 heterocycles. The molecule has 3 N–H and O–H groups in total. The Kier molecular flexibility index (Phi) is 5.76. The van der Waals surface area contributed by atoms with Gasteiger partial charge in [0, 0.05) is 6.54 Å². The fraction of sp³-hybridized carbons (Fsp3) is 0.250. The van der Waals surface area contributed by atoms with Crippen molar-refractivity contribution in [1.82, 2.24) is 4.72 Å². The third-order valence-corrected chi connectivity index (χ3v) is 6.11. The lowest BCUT2D eigenvalue weighted by atomic mass is 9.98. The minimum Gasteiger partial charge on any atom is -0.225 e. The highest BCUT2D eigenvalue weighted by Gasteiger charge is 2.16. The molecule has 130 valence electrons. The van der Waals surface area contributed by atoms with E-state index in [1.165, 1.54) is 24.3 Å². The monoisotopic (exact) mass is 368 g/mol. The van der Waals surface area contributed by atoms with Gasteiger partial charge >= 0.3 is 0 Å². The lowest BCUT2D eigenvalue weighted by Crippen LogP contribution is -2.25. The summed E-state index contributed by atoms with van der Waals surface area (Å²) in [5.74, 6) is 0.221. The molecule has 0 aliphatic rings. The van der Waals surface area contributed by atoms with E-state index >= 15 is 0 Å². The molecule has 8 heteroatoms. The van der Waals surface area contributed by atoms with Gasteiger partial charge in [-0.15, -0.1) is 0 Å². The van der Waals surface area contributed by atoms with Crippen molar-refractivity contribution >= 4 is 20.0 Å². The van der Waals surface area contributed by atoms with Gasteiger partial charge in [-0.25, -0.2) is 26.7 Å². The number of nitrogens with one attached hydrogen (secondary N) is 1. The van der Waals surface area contributed by atoms with Crippen molar-refractivity contribution in [2.75, 3.05) is 6.54 Å². The van der Waals surface area contributed by atoms with Gasteiger partial charge in [0.1, 0.15) is 0 Å². The highest BCUT2D eigenvalue weighted by molar-refractivity contribution is 7.89. The molecule has 1 atom stereocenters. The molecule has 0 fully saturated rings. The SMILES string of the molecule is CC(CCNS(=O)(=O)c1ccc(S(N)(=O)=O)cc1)c1ccccc1. The molecular formula is C16H20N2O4S2. The molecule has 24 heavy (non-hydrogen) atoms. The highest BCUT2D eigenvalue weighted by atomic mass is 32.2. The van der Waals surface area contributed by atoms with E-state index in [4.69, 9.17) is 5.14 Å². The average molecular weight is 368 g/mol. The first-order chi connectivity index (χ1) is 11.2. The van der Waals surface area contributed by atoms with Crippen LogP contribution >= 0.6 is 0 Å². The molecule has 0 bridgehead atoms.